The van der Waals surface area contributed by atoms with Crippen LogP contribution in [0.4, 0.5) is 5.82 Å². The number of benzene rings is 1. The Morgan fingerprint density at radius 3 is 2.66 bits per heavy atom. The molecule has 3 aromatic rings. The maximum Gasteiger partial charge on any atom is 0.267 e. The zero-order chi connectivity index (χ0) is 22.5. The maximum atomic E-state index is 13.3. The van der Waals surface area contributed by atoms with E-state index in [1.165, 1.54) is 16.2 Å². The Kier molecular flexibility index (Phi) is 7.02. The van der Waals surface area contributed by atoms with Crippen LogP contribution in [0.2, 0.25) is 0 Å². The van der Waals surface area contributed by atoms with Crippen LogP contribution in [0, 0.1) is 0 Å². The van der Waals surface area contributed by atoms with E-state index in [1.54, 1.807) is 29.3 Å². The summed E-state index contributed by atoms with van der Waals surface area (Å²) in [6.07, 6.45) is 6.48. The Morgan fingerprint density at radius 2 is 1.88 bits per heavy atom. The van der Waals surface area contributed by atoms with E-state index < -0.39 is 0 Å². The van der Waals surface area contributed by atoms with Crippen molar-refractivity contribution in [2.24, 2.45) is 0 Å². The van der Waals surface area contributed by atoms with Crippen LogP contribution in [0.3, 0.4) is 0 Å². The van der Waals surface area contributed by atoms with E-state index in [-0.39, 0.29) is 11.5 Å². The minimum absolute atomic E-state index is 0.196. The van der Waals surface area contributed by atoms with Crippen molar-refractivity contribution in [2.75, 3.05) is 11.9 Å². The first-order valence-electron chi connectivity index (χ1n) is 10.6. The second kappa shape index (κ2) is 10.1. The molecule has 0 spiro atoms. The fourth-order valence-electron chi connectivity index (χ4n) is 3.48. The van der Waals surface area contributed by atoms with E-state index in [1.807, 2.05) is 36.4 Å². The number of nitrogens with one attached hydrogen (secondary N) is 1. The van der Waals surface area contributed by atoms with E-state index in [0.29, 0.717) is 39.3 Å². The number of pyridine rings is 1. The molecule has 0 radical (unpaired) electrons. The topological polar surface area (TPSA) is 66.7 Å². The lowest BCUT2D eigenvalue weighted by Crippen LogP contribution is -2.27. The second-order valence-electron chi connectivity index (χ2n) is 7.50. The van der Waals surface area contributed by atoms with Gasteiger partial charge in [0.2, 0.25) is 0 Å². The number of carbonyl (C=O) groups is 1. The van der Waals surface area contributed by atoms with Gasteiger partial charge in [0, 0.05) is 12.7 Å². The molecule has 0 unspecified atom stereocenters. The van der Waals surface area contributed by atoms with Gasteiger partial charge in [0.15, 0.2) is 0 Å². The average Bonchev–Trinajstić information content (AvgIpc) is 3.07. The number of thioether (sulfide) groups is 1. The normalized spacial score (nSPS) is 15.2. The molecule has 32 heavy (non-hydrogen) atoms. The third-order valence-electron chi connectivity index (χ3n) is 5.17. The minimum Gasteiger partial charge on any atom is -0.369 e. The van der Waals surface area contributed by atoms with Crippen LogP contribution in [-0.4, -0.2) is 31.1 Å². The van der Waals surface area contributed by atoms with Crippen molar-refractivity contribution < 1.29 is 4.79 Å². The Morgan fingerprint density at radius 1 is 1.09 bits per heavy atom. The fourth-order valence-corrected chi connectivity index (χ4v) is 4.72. The van der Waals surface area contributed by atoms with Crippen molar-refractivity contribution in [1.82, 2.24) is 14.3 Å². The summed E-state index contributed by atoms with van der Waals surface area (Å²) in [5, 5.41) is 3.30. The standard InChI is InChI=1S/C24H24N4O2S2/c1-2-3-8-13-25-21-18(22(29)27-14-9-7-12-20(27)26-21)15-19-23(30)28(24(31)32-19)16-17-10-5-4-6-11-17/h4-7,9-12,14-15,25H,2-3,8,13,16H2,1H3. The van der Waals surface area contributed by atoms with E-state index in [4.69, 9.17) is 12.2 Å². The van der Waals surface area contributed by atoms with Crippen molar-refractivity contribution in [3.63, 3.8) is 0 Å². The smallest absolute Gasteiger partial charge is 0.267 e. The van der Waals surface area contributed by atoms with E-state index in [2.05, 4.69) is 17.2 Å². The van der Waals surface area contributed by atoms with Crippen molar-refractivity contribution in [2.45, 2.75) is 32.7 Å². The number of rotatable bonds is 8. The van der Waals surface area contributed by atoms with Crippen LogP contribution < -0.4 is 10.9 Å². The Balaban J connectivity index is 1.68. The van der Waals surface area contributed by atoms with Gasteiger partial charge in [0.05, 0.1) is 17.0 Å². The van der Waals surface area contributed by atoms with Crippen LogP contribution in [0.5, 0.6) is 0 Å². The summed E-state index contributed by atoms with van der Waals surface area (Å²) in [5.74, 6) is 0.295. The molecular weight excluding hydrogens is 440 g/mol. The first kappa shape index (κ1) is 22.2. The zero-order valence-electron chi connectivity index (χ0n) is 17.8. The highest BCUT2D eigenvalue weighted by Crippen LogP contribution is 2.34. The largest absolute Gasteiger partial charge is 0.369 e. The lowest BCUT2D eigenvalue weighted by atomic mass is 10.2. The number of anilines is 1. The molecule has 3 heterocycles. The number of nitrogens with zero attached hydrogens (tertiary/aromatic N) is 3. The highest BCUT2D eigenvalue weighted by molar-refractivity contribution is 8.26. The number of aromatic nitrogens is 2. The molecule has 164 valence electrons. The van der Waals surface area contributed by atoms with Gasteiger partial charge in [-0.05, 0) is 30.2 Å². The monoisotopic (exact) mass is 464 g/mol. The molecule has 1 saturated heterocycles. The fraction of sp³-hybridized carbons (Fsp3) is 0.250. The molecule has 8 heteroatoms. The summed E-state index contributed by atoms with van der Waals surface area (Å²) < 4.78 is 1.98. The van der Waals surface area contributed by atoms with Crippen LogP contribution in [0.1, 0.15) is 37.3 Å². The van der Waals surface area contributed by atoms with E-state index in [9.17, 15) is 9.59 Å². The van der Waals surface area contributed by atoms with Gasteiger partial charge in [0.1, 0.15) is 15.8 Å². The van der Waals surface area contributed by atoms with Crippen LogP contribution in [0.15, 0.2) is 64.4 Å². The molecule has 0 saturated carbocycles. The lowest BCUT2D eigenvalue weighted by molar-refractivity contribution is -0.122. The van der Waals surface area contributed by atoms with Gasteiger partial charge < -0.3 is 5.32 Å². The number of thiocarbonyl (C=S) groups is 1. The van der Waals surface area contributed by atoms with Gasteiger partial charge in [-0.2, -0.15) is 0 Å². The SMILES string of the molecule is CCCCCNc1nc2ccccn2c(=O)c1C=C1SC(=S)N(Cc2ccccc2)C1=O. The quantitative estimate of drug-likeness (QED) is 0.296. The molecule has 6 nitrogen and oxygen atoms in total. The molecule has 0 atom stereocenters. The first-order valence-corrected chi connectivity index (χ1v) is 11.9. The summed E-state index contributed by atoms with van der Waals surface area (Å²) >= 11 is 6.68. The molecule has 4 rings (SSSR count). The number of unbranched alkanes of at least 4 members (excludes halogenated alkanes) is 2. The second-order valence-corrected chi connectivity index (χ2v) is 9.17. The van der Waals surface area contributed by atoms with Crippen LogP contribution in [-0.2, 0) is 11.3 Å². The van der Waals surface area contributed by atoms with Gasteiger partial charge in [0.25, 0.3) is 11.5 Å². The number of hydrogen-bond acceptors (Lipinski definition) is 6. The molecule has 1 N–H and O–H groups in total. The maximum absolute atomic E-state index is 13.3. The van der Waals surface area contributed by atoms with Crippen molar-refractivity contribution in [3.8, 4) is 0 Å². The Hall–Kier alpha value is -2.97. The third kappa shape index (κ3) is 4.76. The molecule has 1 aliphatic heterocycles. The average molecular weight is 465 g/mol. The number of hydrogen-bond donors (Lipinski definition) is 1. The van der Waals surface area contributed by atoms with Crippen LogP contribution in [0.25, 0.3) is 11.7 Å². The highest BCUT2D eigenvalue weighted by atomic mass is 32.2. The molecule has 1 aliphatic rings. The predicted octanol–water partition coefficient (Wildman–Crippen LogP) is 4.70. The number of amides is 1. The van der Waals surface area contributed by atoms with Gasteiger partial charge >= 0.3 is 0 Å². The van der Waals surface area contributed by atoms with Crippen molar-refractivity contribution in [3.05, 3.63) is 81.1 Å². The van der Waals surface area contributed by atoms with Crippen molar-refractivity contribution in [1.29, 1.82) is 0 Å². The van der Waals surface area contributed by atoms with Gasteiger partial charge in [-0.25, -0.2) is 4.98 Å². The van der Waals surface area contributed by atoms with E-state index >= 15 is 0 Å². The summed E-state index contributed by atoms with van der Waals surface area (Å²) in [6.45, 7) is 3.25. The van der Waals surface area contributed by atoms with Gasteiger partial charge in [-0.1, -0.05) is 80.1 Å². The van der Waals surface area contributed by atoms with Gasteiger partial charge in [-0.3, -0.25) is 18.9 Å². The molecule has 1 aromatic carbocycles. The number of fused-ring (bicyclic) bond motifs is 1. The summed E-state index contributed by atoms with van der Waals surface area (Å²) in [7, 11) is 0. The summed E-state index contributed by atoms with van der Waals surface area (Å²) in [6, 6.07) is 15.1. The molecule has 2 aromatic heterocycles. The molecule has 1 amide bonds. The Bertz CT molecular complexity index is 1240. The van der Waals surface area contributed by atoms with E-state index in [0.717, 1.165) is 24.8 Å². The van der Waals surface area contributed by atoms with Crippen molar-refractivity contribution >= 4 is 51.7 Å². The highest BCUT2D eigenvalue weighted by Gasteiger charge is 2.32. The van der Waals surface area contributed by atoms with Crippen LogP contribution >= 0.6 is 24.0 Å². The summed E-state index contributed by atoms with van der Waals surface area (Å²) in [5.41, 5.74) is 1.70. The molecular formula is C24H24N4O2S2. The Labute approximate surface area is 196 Å². The number of carbonyl (C=O) groups excluding carboxylic acids is 1. The minimum atomic E-state index is -0.220. The molecule has 0 bridgehead atoms. The first-order chi connectivity index (χ1) is 15.6. The lowest BCUT2D eigenvalue weighted by Gasteiger charge is -2.14. The molecule has 1 fully saturated rings. The summed E-state index contributed by atoms with van der Waals surface area (Å²) in [4.78, 5) is 33.0. The predicted molar refractivity (Wildman–Crippen MR) is 135 cm³/mol. The van der Waals surface area contributed by atoms with Gasteiger partial charge in [-0.15, -0.1) is 0 Å². The third-order valence-corrected chi connectivity index (χ3v) is 6.55. The molecule has 0 aliphatic carbocycles. The zero-order valence-corrected chi connectivity index (χ0v) is 19.4.